The number of carbonyl (C=O) groups excluding carboxylic acids is 1. The quantitative estimate of drug-likeness (QED) is 0.312. The number of hydrogen-bond acceptors (Lipinski definition) is 6. The van der Waals surface area contributed by atoms with Gasteiger partial charge in [-0.3, -0.25) is 4.18 Å². The molecule has 1 amide bonds. The van der Waals surface area contributed by atoms with E-state index >= 15 is 0 Å². The Labute approximate surface area is 183 Å². The predicted molar refractivity (Wildman–Crippen MR) is 120 cm³/mol. The lowest BCUT2D eigenvalue weighted by atomic mass is 9.85. The summed E-state index contributed by atoms with van der Waals surface area (Å²) in [6, 6.07) is 8.34. The van der Waals surface area contributed by atoms with Crippen LogP contribution in [0.25, 0.3) is 0 Å². The van der Waals surface area contributed by atoms with E-state index in [4.69, 9.17) is 13.4 Å². The summed E-state index contributed by atoms with van der Waals surface area (Å²) >= 11 is 0. The van der Waals surface area contributed by atoms with Gasteiger partial charge < -0.3 is 9.26 Å². The van der Waals surface area contributed by atoms with E-state index in [2.05, 4.69) is 0 Å². The summed E-state index contributed by atoms with van der Waals surface area (Å²) in [7, 11) is -5.18. The molecule has 1 rings (SSSR count). The standard InChI is InChI=1S/C21H36NO6SSi/c1-20(2,3)15-17(27-29(7,24)25)18(16-13-11-10-12-14-16)22(28-30(8)9)19(23)26-21(4,5)6/h10-14,17-18H,15H2,1-9H3. The van der Waals surface area contributed by atoms with Crippen LogP contribution in [0.5, 0.6) is 0 Å². The Morgan fingerprint density at radius 2 is 1.60 bits per heavy atom. The molecule has 1 radical (unpaired) electrons. The van der Waals surface area contributed by atoms with Crippen LogP contribution >= 0.6 is 0 Å². The fraction of sp³-hybridized carbons (Fsp3) is 0.667. The number of hydroxylamine groups is 2. The van der Waals surface area contributed by atoms with Crippen LogP contribution in [0, 0.1) is 5.41 Å². The second-order valence-corrected chi connectivity index (χ2v) is 13.4. The normalized spacial score (nSPS) is 15.0. The molecule has 0 aromatic heterocycles. The summed E-state index contributed by atoms with van der Waals surface area (Å²) < 4.78 is 41.3. The summed E-state index contributed by atoms with van der Waals surface area (Å²) in [4.78, 5) is 13.1. The lowest BCUT2D eigenvalue weighted by Crippen LogP contribution is -2.47. The number of hydrogen-bond donors (Lipinski definition) is 0. The summed E-state index contributed by atoms with van der Waals surface area (Å²) in [6.45, 7) is 15.0. The monoisotopic (exact) mass is 458 g/mol. The van der Waals surface area contributed by atoms with Crippen molar-refractivity contribution in [2.75, 3.05) is 6.26 Å². The zero-order valence-electron chi connectivity index (χ0n) is 19.6. The van der Waals surface area contributed by atoms with Crippen LogP contribution in [0.15, 0.2) is 30.3 Å². The lowest BCUT2D eigenvalue weighted by Gasteiger charge is -2.39. The van der Waals surface area contributed by atoms with Gasteiger partial charge in [0.15, 0.2) is 0 Å². The number of carbonyl (C=O) groups is 1. The first kappa shape index (κ1) is 26.6. The van der Waals surface area contributed by atoms with Crippen molar-refractivity contribution in [3.05, 3.63) is 35.9 Å². The van der Waals surface area contributed by atoms with Crippen molar-refractivity contribution in [1.29, 1.82) is 0 Å². The molecule has 1 aromatic carbocycles. The number of rotatable bonds is 8. The van der Waals surface area contributed by atoms with Gasteiger partial charge in [-0.15, -0.1) is 0 Å². The van der Waals surface area contributed by atoms with Gasteiger partial charge in [-0.1, -0.05) is 51.1 Å². The van der Waals surface area contributed by atoms with Crippen molar-refractivity contribution in [2.24, 2.45) is 5.41 Å². The van der Waals surface area contributed by atoms with Crippen LogP contribution in [0.4, 0.5) is 4.79 Å². The molecule has 0 aliphatic rings. The van der Waals surface area contributed by atoms with E-state index < -0.39 is 43.0 Å². The molecule has 0 saturated carbocycles. The smallest absolute Gasteiger partial charge is 0.434 e. The Morgan fingerprint density at radius 3 is 2.00 bits per heavy atom. The van der Waals surface area contributed by atoms with Gasteiger partial charge in [-0.2, -0.15) is 13.5 Å². The number of nitrogens with zero attached hydrogens (tertiary/aromatic N) is 1. The first-order chi connectivity index (χ1) is 13.5. The molecule has 0 heterocycles. The average Bonchev–Trinajstić information content (AvgIpc) is 2.50. The van der Waals surface area contributed by atoms with E-state index in [1.54, 1.807) is 20.8 Å². The van der Waals surface area contributed by atoms with Crippen molar-refractivity contribution in [1.82, 2.24) is 5.06 Å². The average molecular weight is 459 g/mol. The molecule has 7 nitrogen and oxygen atoms in total. The van der Waals surface area contributed by atoms with Crippen LogP contribution in [0.3, 0.4) is 0 Å². The number of benzene rings is 1. The highest BCUT2D eigenvalue weighted by Gasteiger charge is 2.40. The van der Waals surface area contributed by atoms with Gasteiger partial charge in [0, 0.05) is 0 Å². The summed E-state index contributed by atoms with van der Waals surface area (Å²) in [6.07, 6.45) is -0.161. The molecule has 0 bridgehead atoms. The van der Waals surface area contributed by atoms with Crippen LogP contribution in [0.1, 0.15) is 59.6 Å². The largest absolute Gasteiger partial charge is 0.442 e. The number of ether oxygens (including phenoxy) is 1. The fourth-order valence-corrected chi connectivity index (χ4v) is 4.09. The Bertz CT molecular complexity index is 784. The molecule has 9 heteroatoms. The highest BCUT2D eigenvalue weighted by atomic mass is 32.2. The third-order valence-corrected chi connectivity index (χ3v) is 4.87. The Kier molecular flexibility index (Phi) is 9.10. The van der Waals surface area contributed by atoms with Crippen LogP contribution in [-0.4, -0.2) is 46.6 Å². The molecule has 0 aliphatic heterocycles. The van der Waals surface area contributed by atoms with E-state index in [1.807, 2.05) is 64.2 Å². The molecular formula is C21H36NO6SSi. The summed E-state index contributed by atoms with van der Waals surface area (Å²) in [5, 5.41) is 1.16. The molecule has 0 N–H and O–H groups in total. The van der Waals surface area contributed by atoms with E-state index in [-0.39, 0.29) is 5.41 Å². The fourth-order valence-electron chi connectivity index (χ4n) is 2.89. The van der Waals surface area contributed by atoms with E-state index in [9.17, 15) is 13.2 Å². The van der Waals surface area contributed by atoms with Gasteiger partial charge in [0.1, 0.15) is 17.7 Å². The minimum Gasteiger partial charge on any atom is -0.442 e. The molecule has 0 saturated heterocycles. The molecule has 2 unspecified atom stereocenters. The van der Waals surface area contributed by atoms with Crippen LogP contribution < -0.4 is 0 Å². The molecule has 30 heavy (non-hydrogen) atoms. The topological polar surface area (TPSA) is 82.1 Å². The SMILES string of the molecule is C[Si](C)ON(C(=O)OC(C)(C)C)C(c1ccccc1)C(CC(C)(C)C)OS(C)(=O)=O. The minimum absolute atomic E-state index is 0.270. The third-order valence-electron chi connectivity index (χ3n) is 3.71. The molecular weight excluding hydrogens is 422 g/mol. The maximum atomic E-state index is 13.1. The zero-order valence-corrected chi connectivity index (χ0v) is 21.4. The van der Waals surface area contributed by atoms with Gasteiger partial charge in [0.25, 0.3) is 10.1 Å². The van der Waals surface area contributed by atoms with Gasteiger partial charge in [0.05, 0.1) is 6.26 Å². The summed E-state index contributed by atoms with van der Waals surface area (Å²) in [5.41, 5.74) is -0.316. The molecule has 0 aliphatic carbocycles. The van der Waals surface area contributed by atoms with Gasteiger partial charge in [0.2, 0.25) is 9.04 Å². The van der Waals surface area contributed by atoms with Gasteiger partial charge in [-0.25, -0.2) is 4.79 Å². The predicted octanol–water partition coefficient (Wildman–Crippen LogP) is 4.93. The Balaban J connectivity index is 3.59. The van der Waals surface area contributed by atoms with Crippen molar-refractivity contribution in [2.45, 2.75) is 78.8 Å². The molecule has 2 atom stereocenters. The van der Waals surface area contributed by atoms with Crippen molar-refractivity contribution >= 4 is 25.3 Å². The molecule has 1 aromatic rings. The first-order valence-electron chi connectivity index (χ1n) is 9.92. The highest BCUT2D eigenvalue weighted by molar-refractivity contribution is 7.86. The Hall–Kier alpha value is -1.42. The third kappa shape index (κ3) is 10.1. The molecule has 0 fully saturated rings. The van der Waals surface area contributed by atoms with E-state index in [1.165, 1.54) is 0 Å². The molecule has 171 valence electrons. The maximum Gasteiger partial charge on any atom is 0.434 e. The van der Waals surface area contributed by atoms with Crippen LogP contribution in [0.2, 0.25) is 13.1 Å². The molecule has 0 spiro atoms. The van der Waals surface area contributed by atoms with Crippen LogP contribution in [-0.2, 0) is 23.6 Å². The van der Waals surface area contributed by atoms with Crippen molar-refractivity contribution in [3.8, 4) is 0 Å². The van der Waals surface area contributed by atoms with Crippen molar-refractivity contribution in [3.63, 3.8) is 0 Å². The minimum atomic E-state index is -3.80. The second-order valence-electron chi connectivity index (χ2n) is 9.76. The van der Waals surface area contributed by atoms with Crippen molar-refractivity contribution < 1.29 is 26.7 Å². The Morgan fingerprint density at radius 1 is 1.07 bits per heavy atom. The zero-order chi connectivity index (χ0) is 23.3. The lowest BCUT2D eigenvalue weighted by molar-refractivity contribution is -0.126. The first-order valence-corrected chi connectivity index (χ1v) is 14.1. The van der Waals surface area contributed by atoms with E-state index in [0.29, 0.717) is 12.0 Å². The maximum absolute atomic E-state index is 13.1. The van der Waals surface area contributed by atoms with Gasteiger partial charge in [-0.05, 0) is 51.3 Å². The number of amides is 1. The highest BCUT2D eigenvalue weighted by Crippen LogP contribution is 2.36. The van der Waals surface area contributed by atoms with E-state index in [0.717, 1.165) is 11.3 Å². The summed E-state index contributed by atoms with van der Waals surface area (Å²) in [5.74, 6) is 0. The van der Waals surface area contributed by atoms with Gasteiger partial charge >= 0.3 is 6.09 Å². The second kappa shape index (κ2) is 10.3.